The summed E-state index contributed by atoms with van der Waals surface area (Å²) in [6.45, 7) is 2.39. The maximum absolute atomic E-state index is 12.6. The Morgan fingerprint density at radius 3 is 2.62 bits per heavy atom. The number of carbonyl (C=O) groups excluding carboxylic acids is 1. The predicted molar refractivity (Wildman–Crippen MR) is 92.2 cm³/mol. The monoisotopic (exact) mass is 347 g/mol. The zero-order valence-electron chi connectivity index (χ0n) is 13.8. The van der Waals surface area contributed by atoms with Gasteiger partial charge in [-0.05, 0) is 37.5 Å². The van der Waals surface area contributed by atoms with E-state index < -0.39 is 0 Å². The Kier molecular flexibility index (Phi) is 4.94. The number of nitrogens with two attached hydrogens (primary N) is 1. The van der Waals surface area contributed by atoms with Crippen molar-refractivity contribution < 1.29 is 9.53 Å². The normalized spacial score (nSPS) is 13.8. The number of methoxy groups -OCH3 is 1. The molecule has 3 rings (SSSR count). The van der Waals surface area contributed by atoms with E-state index in [1.807, 2.05) is 29.2 Å². The van der Waals surface area contributed by atoms with Gasteiger partial charge >= 0.3 is 0 Å². The summed E-state index contributed by atoms with van der Waals surface area (Å²) in [6, 6.07) is 8.17. The summed E-state index contributed by atoms with van der Waals surface area (Å²) in [4.78, 5) is 14.6. The van der Waals surface area contributed by atoms with E-state index in [4.69, 9.17) is 10.6 Å². The molecule has 0 radical (unpaired) electrons. The van der Waals surface area contributed by atoms with Crippen molar-refractivity contribution in [3.63, 3.8) is 0 Å². The Morgan fingerprint density at radius 1 is 1.38 bits per heavy atom. The summed E-state index contributed by atoms with van der Waals surface area (Å²) in [5.74, 6) is 7.67. The van der Waals surface area contributed by atoms with E-state index in [1.165, 1.54) is 16.4 Å². The Hall–Kier alpha value is -2.22. The number of ether oxygens (including phenoxy) is 1. The van der Waals surface area contributed by atoms with Gasteiger partial charge in [0.2, 0.25) is 11.1 Å². The van der Waals surface area contributed by atoms with Crippen molar-refractivity contribution >= 4 is 17.7 Å². The largest absolute Gasteiger partial charge is 0.497 e. The number of aryl methyl sites for hydroxylation is 1. The molecule has 1 fully saturated rings. The summed E-state index contributed by atoms with van der Waals surface area (Å²) in [5.41, 5.74) is 1.10. The van der Waals surface area contributed by atoms with Crippen LogP contribution in [0.5, 0.6) is 5.75 Å². The Bertz CT molecular complexity index is 712. The van der Waals surface area contributed by atoms with Crippen LogP contribution in [0.4, 0.5) is 0 Å². The smallest absolute Gasteiger partial charge is 0.233 e. The number of benzene rings is 1. The number of hydrogen-bond donors (Lipinski definition) is 1. The summed E-state index contributed by atoms with van der Waals surface area (Å²) in [5, 5.41) is 8.43. The van der Waals surface area contributed by atoms with Gasteiger partial charge in [-0.3, -0.25) is 4.79 Å². The first-order valence-electron chi connectivity index (χ1n) is 7.80. The lowest BCUT2D eigenvalue weighted by Gasteiger charge is -2.22. The van der Waals surface area contributed by atoms with Gasteiger partial charge in [0.15, 0.2) is 0 Å². The van der Waals surface area contributed by atoms with Gasteiger partial charge in [0, 0.05) is 12.6 Å². The van der Waals surface area contributed by atoms with Crippen molar-refractivity contribution in [2.45, 2.75) is 37.5 Å². The van der Waals surface area contributed by atoms with Gasteiger partial charge in [-0.15, -0.1) is 10.2 Å². The summed E-state index contributed by atoms with van der Waals surface area (Å²) < 4.78 is 6.58. The topological polar surface area (TPSA) is 86.3 Å². The van der Waals surface area contributed by atoms with Crippen LogP contribution in [-0.4, -0.2) is 44.6 Å². The van der Waals surface area contributed by atoms with Crippen LogP contribution in [0.2, 0.25) is 0 Å². The molecule has 0 bridgehead atoms. The number of hydrogen-bond acceptors (Lipinski definition) is 6. The number of aromatic nitrogens is 3. The number of nitrogens with zero attached hydrogens (tertiary/aromatic N) is 4. The second-order valence-corrected chi connectivity index (χ2v) is 6.73. The molecule has 1 heterocycles. The number of thioether (sulfide) groups is 1. The molecule has 0 saturated heterocycles. The first-order valence-corrected chi connectivity index (χ1v) is 8.79. The molecule has 0 atom stereocenters. The zero-order chi connectivity index (χ0) is 17.1. The van der Waals surface area contributed by atoms with Gasteiger partial charge in [0.1, 0.15) is 11.6 Å². The number of amides is 1. The molecule has 1 amide bonds. The summed E-state index contributed by atoms with van der Waals surface area (Å²) >= 11 is 1.32. The van der Waals surface area contributed by atoms with Gasteiger partial charge in [0.05, 0.1) is 12.9 Å². The molecule has 1 aliphatic rings. The Morgan fingerprint density at radius 2 is 2.08 bits per heavy atom. The number of rotatable bonds is 7. The molecule has 1 aromatic carbocycles. The van der Waals surface area contributed by atoms with E-state index in [1.54, 1.807) is 14.0 Å². The highest BCUT2D eigenvalue weighted by molar-refractivity contribution is 7.99. The van der Waals surface area contributed by atoms with E-state index in [0.717, 1.165) is 24.2 Å². The molecule has 2 aromatic rings. The van der Waals surface area contributed by atoms with Crippen LogP contribution in [-0.2, 0) is 11.3 Å². The van der Waals surface area contributed by atoms with Gasteiger partial charge in [0.25, 0.3) is 0 Å². The fourth-order valence-electron chi connectivity index (χ4n) is 2.39. The average molecular weight is 347 g/mol. The SMILES string of the molecule is COc1ccc(CN(C(=O)CSc2nnc(C)n2N)C2CC2)cc1. The van der Waals surface area contributed by atoms with Gasteiger partial charge < -0.3 is 15.5 Å². The first kappa shape index (κ1) is 16.6. The van der Waals surface area contributed by atoms with Crippen LogP contribution in [0.1, 0.15) is 24.2 Å². The van der Waals surface area contributed by atoms with Crippen LogP contribution in [0.25, 0.3) is 0 Å². The number of carbonyl (C=O) groups is 1. The molecule has 24 heavy (non-hydrogen) atoms. The zero-order valence-corrected chi connectivity index (χ0v) is 14.6. The highest BCUT2D eigenvalue weighted by Crippen LogP contribution is 2.30. The molecular formula is C16H21N5O2S. The van der Waals surface area contributed by atoms with Crippen molar-refractivity contribution in [1.29, 1.82) is 0 Å². The standard InChI is InChI=1S/C16H21N5O2S/c1-11-18-19-16(21(11)17)24-10-15(22)20(13-5-6-13)9-12-3-7-14(23-2)8-4-12/h3-4,7-8,13H,5-6,9-10,17H2,1-2H3. The lowest BCUT2D eigenvalue weighted by atomic mass is 10.2. The third-order valence-corrected chi connectivity index (χ3v) is 4.91. The van der Waals surface area contributed by atoms with Crippen molar-refractivity contribution in [2.24, 2.45) is 0 Å². The lowest BCUT2D eigenvalue weighted by Crippen LogP contribution is -2.34. The number of nitrogen functional groups attached to an aromatic ring is 1. The minimum absolute atomic E-state index is 0.0963. The summed E-state index contributed by atoms with van der Waals surface area (Å²) in [6.07, 6.45) is 2.14. The molecule has 0 unspecified atom stereocenters. The minimum atomic E-state index is 0.0963. The molecule has 0 aliphatic heterocycles. The molecule has 1 saturated carbocycles. The van der Waals surface area contributed by atoms with Gasteiger partial charge in [-0.1, -0.05) is 23.9 Å². The molecule has 7 nitrogen and oxygen atoms in total. The predicted octanol–water partition coefficient (Wildman–Crippen LogP) is 1.59. The van der Waals surface area contributed by atoms with E-state index in [2.05, 4.69) is 10.2 Å². The second-order valence-electron chi connectivity index (χ2n) is 5.79. The molecule has 128 valence electrons. The van der Waals surface area contributed by atoms with Crippen LogP contribution in [0.3, 0.4) is 0 Å². The fourth-order valence-corrected chi connectivity index (χ4v) is 3.18. The van der Waals surface area contributed by atoms with E-state index in [-0.39, 0.29) is 5.91 Å². The average Bonchev–Trinajstić information content (AvgIpc) is 3.39. The second kappa shape index (κ2) is 7.12. The van der Waals surface area contributed by atoms with E-state index in [9.17, 15) is 4.79 Å². The molecule has 8 heteroatoms. The quantitative estimate of drug-likeness (QED) is 0.605. The lowest BCUT2D eigenvalue weighted by molar-refractivity contribution is -0.129. The first-order chi connectivity index (χ1) is 11.6. The van der Waals surface area contributed by atoms with Gasteiger partial charge in [-0.25, -0.2) is 4.68 Å². The van der Waals surface area contributed by atoms with Crippen LogP contribution in [0.15, 0.2) is 29.4 Å². The Labute approximate surface area is 145 Å². The van der Waals surface area contributed by atoms with Crippen molar-refractivity contribution in [2.75, 3.05) is 18.7 Å². The highest BCUT2D eigenvalue weighted by Gasteiger charge is 2.32. The van der Waals surface area contributed by atoms with E-state index >= 15 is 0 Å². The van der Waals surface area contributed by atoms with E-state index in [0.29, 0.717) is 29.3 Å². The van der Waals surface area contributed by atoms with Crippen molar-refractivity contribution in [3.8, 4) is 5.75 Å². The highest BCUT2D eigenvalue weighted by atomic mass is 32.2. The van der Waals surface area contributed by atoms with Crippen molar-refractivity contribution in [1.82, 2.24) is 19.8 Å². The van der Waals surface area contributed by atoms with Crippen molar-refractivity contribution in [3.05, 3.63) is 35.7 Å². The van der Waals surface area contributed by atoms with Crippen LogP contribution >= 0.6 is 11.8 Å². The Balaban J connectivity index is 1.62. The van der Waals surface area contributed by atoms with Gasteiger partial charge in [-0.2, -0.15) is 0 Å². The molecule has 1 aromatic heterocycles. The minimum Gasteiger partial charge on any atom is -0.497 e. The third kappa shape index (κ3) is 3.81. The molecule has 2 N–H and O–H groups in total. The van der Waals surface area contributed by atoms with Crippen LogP contribution in [0, 0.1) is 6.92 Å². The molecule has 1 aliphatic carbocycles. The molecule has 0 spiro atoms. The maximum Gasteiger partial charge on any atom is 0.233 e. The molecular weight excluding hydrogens is 326 g/mol. The maximum atomic E-state index is 12.6. The fraction of sp³-hybridized carbons (Fsp3) is 0.438. The third-order valence-electron chi connectivity index (χ3n) is 3.98. The van der Waals surface area contributed by atoms with Crippen LogP contribution < -0.4 is 10.6 Å². The summed E-state index contributed by atoms with van der Waals surface area (Å²) in [7, 11) is 1.64.